The van der Waals surface area contributed by atoms with E-state index in [0.29, 0.717) is 19.9 Å². The van der Waals surface area contributed by atoms with E-state index in [9.17, 15) is 0 Å². The molecule has 0 aliphatic heterocycles. The molecule has 0 aliphatic carbocycles. The van der Waals surface area contributed by atoms with Crippen molar-refractivity contribution in [2.75, 3.05) is 27.0 Å². The van der Waals surface area contributed by atoms with Crippen LogP contribution in [0.2, 0.25) is 0 Å². The van der Waals surface area contributed by atoms with E-state index in [1.807, 2.05) is 0 Å². The molecule has 0 aromatic rings. The largest absolute Gasteiger partial charge is 1.00 e. The van der Waals surface area contributed by atoms with Crippen molar-refractivity contribution in [3.8, 4) is 0 Å². The summed E-state index contributed by atoms with van der Waals surface area (Å²) in [4.78, 5) is 4.73. The Labute approximate surface area is 104 Å². The molecular formula is C5H13KN2O2. The van der Waals surface area contributed by atoms with Crippen LogP contribution in [-0.2, 0) is 9.57 Å². The Kier molecular flexibility index (Phi) is 18.4. The number of nitrogens with zero attached hydrogens (tertiary/aromatic N) is 1. The average Bonchev–Trinajstić information content (AvgIpc) is 1.89. The molecule has 0 heterocycles. The zero-order valence-electron chi connectivity index (χ0n) is 6.67. The van der Waals surface area contributed by atoms with Gasteiger partial charge in [-0.2, -0.15) is 0 Å². The van der Waals surface area contributed by atoms with Crippen molar-refractivity contribution in [1.29, 1.82) is 0 Å². The second-order valence-corrected chi connectivity index (χ2v) is 1.52. The van der Waals surface area contributed by atoms with Crippen LogP contribution in [0.3, 0.4) is 0 Å². The Bertz CT molecular complexity index is 50.9. The summed E-state index contributed by atoms with van der Waals surface area (Å²) < 4.78 is 4.60. The van der Waals surface area contributed by atoms with Gasteiger partial charge in [0.2, 0.25) is 0 Å². The van der Waals surface area contributed by atoms with Crippen LogP contribution in [0.4, 0.5) is 0 Å². The maximum atomic E-state index is 5.19. The van der Waals surface area contributed by atoms with Gasteiger partial charge in [0.05, 0.1) is 0 Å². The Morgan fingerprint density at radius 1 is 1.50 bits per heavy atom. The number of hydrogen-bond acceptors (Lipinski definition) is 3. The molecule has 0 bridgehead atoms. The minimum absolute atomic E-state index is 0. The van der Waals surface area contributed by atoms with Crippen LogP contribution in [0.25, 0.3) is 5.48 Å². The molecule has 5 heteroatoms. The molecular weight excluding hydrogens is 159 g/mol. The summed E-state index contributed by atoms with van der Waals surface area (Å²) in [5, 5.41) is 0. The van der Waals surface area contributed by atoms with Crippen molar-refractivity contribution in [2.45, 2.75) is 6.42 Å². The smallest absolute Gasteiger partial charge is 0.511 e. The van der Waals surface area contributed by atoms with Gasteiger partial charge in [-0.25, -0.2) is 0 Å². The normalized spacial score (nSPS) is 9.00. The van der Waals surface area contributed by atoms with Crippen LogP contribution in [0.15, 0.2) is 0 Å². The molecule has 0 rings (SSSR count). The SMILES string of the molecule is COC[N-]OCCCN.[K+]. The molecule has 56 valence electrons. The molecule has 0 aromatic heterocycles. The number of methoxy groups -OCH3 is 1. The van der Waals surface area contributed by atoms with Gasteiger partial charge >= 0.3 is 51.4 Å². The minimum atomic E-state index is 0. The molecule has 2 N–H and O–H groups in total. The van der Waals surface area contributed by atoms with Crippen LogP contribution in [0.5, 0.6) is 0 Å². The van der Waals surface area contributed by atoms with Crippen LogP contribution in [0.1, 0.15) is 6.42 Å². The van der Waals surface area contributed by atoms with E-state index < -0.39 is 0 Å². The third-order valence-corrected chi connectivity index (χ3v) is 0.713. The Balaban J connectivity index is 0. The first kappa shape index (κ1) is 14.0. The molecule has 0 amide bonds. The fraction of sp³-hybridized carbons (Fsp3) is 1.00. The molecule has 0 saturated heterocycles. The van der Waals surface area contributed by atoms with Gasteiger partial charge in [0.25, 0.3) is 0 Å². The third-order valence-electron chi connectivity index (χ3n) is 0.713. The topological polar surface area (TPSA) is 58.6 Å². The van der Waals surface area contributed by atoms with Gasteiger partial charge in [0.15, 0.2) is 0 Å². The van der Waals surface area contributed by atoms with Gasteiger partial charge in [-0.15, -0.1) is 0 Å². The standard InChI is InChI=1S/C5H13N2O2.K/c1-8-5-7-9-4-2-3-6;/h2-6H2,1H3;/q-1;+1. The molecule has 0 fully saturated rings. The van der Waals surface area contributed by atoms with E-state index in [0.717, 1.165) is 6.42 Å². The van der Waals surface area contributed by atoms with E-state index in [1.165, 1.54) is 0 Å². The molecule has 0 aliphatic rings. The monoisotopic (exact) mass is 172 g/mol. The molecule has 0 saturated carbocycles. The molecule has 0 atom stereocenters. The van der Waals surface area contributed by atoms with Crippen molar-refractivity contribution in [3.05, 3.63) is 5.48 Å². The second kappa shape index (κ2) is 13.1. The first-order valence-electron chi connectivity index (χ1n) is 2.89. The quantitative estimate of drug-likeness (QED) is 0.268. The molecule has 4 nitrogen and oxygen atoms in total. The number of nitrogens with two attached hydrogens (primary N) is 1. The Morgan fingerprint density at radius 3 is 2.70 bits per heavy atom. The van der Waals surface area contributed by atoms with Crippen LogP contribution >= 0.6 is 0 Å². The predicted octanol–water partition coefficient (Wildman–Crippen LogP) is -2.75. The van der Waals surface area contributed by atoms with E-state index in [2.05, 4.69) is 10.2 Å². The summed E-state index contributed by atoms with van der Waals surface area (Å²) in [5.74, 6) is 0. The number of ether oxygens (including phenoxy) is 1. The van der Waals surface area contributed by atoms with Crippen LogP contribution in [0, 0.1) is 0 Å². The molecule has 10 heavy (non-hydrogen) atoms. The maximum Gasteiger partial charge on any atom is 1.00 e. The first-order chi connectivity index (χ1) is 4.41. The Hall–Kier alpha value is 1.48. The van der Waals surface area contributed by atoms with Gasteiger partial charge in [-0.3, -0.25) is 0 Å². The summed E-state index contributed by atoms with van der Waals surface area (Å²) in [5.41, 5.74) is 8.74. The fourth-order valence-corrected chi connectivity index (χ4v) is 0.302. The van der Waals surface area contributed by atoms with Crippen molar-refractivity contribution in [2.24, 2.45) is 5.73 Å². The number of hydrogen-bond donors (Lipinski definition) is 1. The summed E-state index contributed by atoms with van der Waals surface area (Å²) in [7, 11) is 1.57. The first-order valence-corrected chi connectivity index (χ1v) is 2.89. The van der Waals surface area contributed by atoms with Crippen molar-refractivity contribution in [1.82, 2.24) is 0 Å². The summed E-state index contributed by atoms with van der Waals surface area (Å²) in [6, 6.07) is 0. The van der Waals surface area contributed by atoms with E-state index in [4.69, 9.17) is 10.6 Å². The van der Waals surface area contributed by atoms with E-state index in [1.54, 1.807) is 7.11 Å². The molecule has 0 spiro atoms. The molecule has 0 radical (unpaired) electrons. The van der Waals surface area contributed by atoms with Gasteiger partial charge in [0, 0.05) is 13.7 Å². The van der Waals surface area contributed by atoms with Crippen molar-refractivity contribution in [3.63, 3.8) is 0 Å². The van der Waals surface area contributed by atoms with Gasteiger partial charge in [0.1, 0.15) is 0 Å². The predicted molar refractivity (Wildman–Crippen MR) is 34.9 cm³/mol. The van der Waals surface area contributed by atoms with Crippen LogP contribution in [-0.4, -0.2) is 27.0 Å². The zero-order chi connectivity index (χ0) is 6.95. The Morgan fingerprint density at radius 2 is 2.20 bits per heavy atom. The van der Waals surface area contributed by atoms with Crippen LogP contribution < -0.4 is 57.1 Å². The van der Waals surface area contributed by atoms with Gasteiger partial charge in [-0.1, -0.05) is 0 Å². The third kappa shape index (κ3) is 12.2. The number of hydroxylamine groups is 1. The van der Waals surface area contributed by atoms with Crippen molar-refractivity contribution < 1.29 is 61.0 Å². The summed E-state index contributed by atoms with van der Waals surface area (Å²) >= 11 is 0. The minimum Gasteiger partial charge on any atom is -0.511 e. The molecule has 0 aromatic carbocycles. The maximum absolute atomic E-state index is 5.19. The van der Waals surface area contributed by atoms with Gasteiger partial charge in [-0.05, 0) is 19.7 Å². The summed E-state index contributed by atoms with van der Waals surface area (Å²) in [6.07, 6.45) is 0.840. The number of rotatable bonds is 6. The van der Waals surface area contributed by atoms with Crippen molar-refractivity contribution >= 4 is 0 Å². The molecule has 0 unspecified atom stereocenters. The zero-order valence-corrected chi connectivity index (χ0v) is 9.79. The summed E-state index contributed by atoms with van der Waals surface area (Å²) in [6.45, 7) is 1.52. The second-order valence-electron chi connectivity index (χ2n) is 1.52. The van der Waals surface area contributed by atoms with E-state index >= 15 is 0 Å². The average molecular weight is 172 g/mol. The van der Waals surface area contributed by atoms with E-state index in [-0.39, 0.29) is 51.4 Å². The fourth-order valence-electron chi connectivity index (χ4n) is 0.302. The van der Waals surface area contributed by atoms with Gasteiger partial charge < -0.3 is 20.8 Å².